The van der Waals surface area contributed by atoms with Crippen LogP contribution in [0.4, 0.5) is 4.79 Å². The van der Waals surface area contributed by atoms with Crippen LogP contribution in [0.15, 0.2) is 0 Å². The van der Waals surface area contributed by atoms with Crippen LogP contribution in [0.1, 0.15) is 12.8 Å². The Labute approximate surface area is 57.3 Å². The second-order valence-electron chi connectivity index (χ2n) is 1.51. The molecule has 0 spiro atoms. The molecule has 0 heterocycles. The lowest BCUT2D eigenvalue weighted by molar-refractivity contribution is -0.120. The number of amides is 2. The quantitative estimate of drug-likeness (QED) is 0.571. The van der Waals surface area contributed by atoms with Crippen LogP contribution in [0.25, 0.3) is 0 Å². The first kappa shape index (κ1) is 8.43. The minimum absolute atomic E-state index is 0.0408. The van der Waals surface area contributed by atoms with Crippen molar-refractivity contribution in [1.82, 2.24) is 5.32 Å². The molecule has 0 aliphatic rings. The highest BCUT2D eigenvalue weighted by Crippen LogP contribution is 1.84. The highest BCUT2D eigenvalue weighted by Gasteiger charge is 2.02. The molecule has 0 unspecified atom stereocenters. The average molecular weight is 142 g/mol. The molecule has 0 bridgehead atoms. The largest absolute Gasteiger partial charge is 0.465 e. The Morgan fingerprint density at radius 3 is 2.60 bits per heavy atom. The average Bonchev–Trinajstić information content (AvgIpc) is 1.82. The van der Waals surface area contributed by atoms with E-state index in [0.29, 0.717) is 0 Å². The molecule has 0 radical (unpaired) electrons. The van der Waals surface area contributed by atoms with E-state index in [1.807, 2.05) is 0 Å². The SMILES string of the molecule is N#CCCC(=O)NC(=O)O. The summed E-state index contributed by atoms with van der Waals surface area (Å²) in [7, 11) is 0. The van der Waals surface area contributed by atoms with E-state index < -0.39 is 12.0 Å². The normalized spacial score (nSPS) is 7.90. The van der Waals surface area contributed by atoms with Gasteiger partial charge >= 0.3 is 6.09 Å². The fourth-order valence-corrected chi connectivity index (χ4v) is 0.351. The van der Waals surface area contributed by atoms with Crippen molar-refractivity contribution in [1.29, 1.82) is 5.26 Å². The molecule has 5 nitrogen and oxygen atoms in total. The van der Waals surface area contributed by atoms with Gasteiger partial charge in [0, 0.05) is 12.8 Å². The summed E-state index contributed by atoms with van der Waals surface area (Å²) in [4.78, 5) is 20.1. The fourth-order valence-electron chi connectivity index (χ4n) is 0.351. The Kier molecular flexibility index (Phi) is 3.64. The van der Waals surface area contributed by atoms with Gasteiger partial charge in [-0.3, -0.25) is 10.1 Å². The lowest BCUT2D eigenvalue weighted by atomic mass is 10.3. The Morgan fingerprint density at radius 2 is 2.20 bits per heavy atom. The van der Waals surface area contributed by atoms with Crippen LogP contribution in [-0.4, -0.2) is 17.1 Å². The van der Waals surface area contributed by atoms with Gasteiger partial charge in [-0.15, -0.1) is 0 Å². The molecular formula is C5H6N2O3. The van der Waals surface area contributed by atoms with Crippen molar-refractivity contribution >= 4 is 12.0 Å². The van der Waals surface area contributed by atoms with Gasteiger partial charge in [-0.1, -0.05) is 0 Å². The third kappa shape index (κ3) is 4.59. The number of imide groups is 1. The van der Waals surface area contributed by atoms with E-state index in [-0.39, 0.29) is 12.8 Å². The summed E-state index contributed by atoms with van der Waals surface area (Å²) in [6.07, 6.45) is -1.41. The van der Waals surface area contributed by atoms with Crippen molar-refractivity contribution in [2.24, 2.45) is 0 Å². The summed E-state index contributed by atoms with van der Waals surface area (Å²) in [5, 5.41) is 17.5. The number of carbonyl (C=O) groups excluding carboxylic acids is 1. The summed E-state index contributed by atoms with van der Waals surface area (Å²) in [6.45, 7) is 0. The first-order valence-electron chi connectivity index (χ1n) is 2.56. The van der Waals surface area contributed by atoms with Crippen molar-refractivity contribution in [3.8, 4) is 6.07 Å². The summed E-state index contributed by atoms with van der Waals surface area (Å²) < 4.78 is 0. The molecule has 0 aromatic rings. The second kappa shape index (κ2) is 4.32. The van der Waals surface area contributed by atoms with E-state index in [1.54, 1.807) is 11.4 Å². The number of hydrogen-bond donors (Lipinski definition) is 2. The number of hydrogen-bond acceptors (Lipinski definition) is 3. The zero-order chi connectivity index (χ0) is 7.98. The predicted octanol–water partition coefficient (Wildman–Crippen LogP) is 0.0844. The minimum Gasteiger partial charge on any atom is -0.465 e. The highest BCUT2D eigenvalue weighted by molar-refractivity contribution is 5.90. The number of nitrogens with one attached hydrogen (secondary N) is 1. The standard InChI is InChI=1S/C5H6N2O3/c6-3-1-2-4(8)7-5(9)10/h1-2H2,(H,7,8)(H,9,10). The Bertz CT molecular complexity index is 182. The molecular weight excluding hydrogens is 136 g/mol. The first-order valence-corrected chi connectivity index (χ1v) is 2.56. The summed E-state index contributed by atoms with van der Waals surface area (Å²) in [5.74, 6) is -0.644. The van der Waals surface area contributed by atoms with Gasteiger partial charge in [0.05, 0.1) is 6.07 Å². The number of rotatable bonds is 2. The number of carbonyl (C=O) groups is 2. The van der Waals surface area contributed by atoms with Gasteiger partial charge in [-0.05, 0) is 0 Å². The Morgan fingerprint density at radius 1 is 1.60 bits per heavy atom. The highest BCUT2D eigenvalue weighted by atomic mass is 16.4. The maximum absolute atomic E-state index is 10.4. The number of carboxylic acid groups (broad SMARTS) is 1. The van der Waals surface area contributed by atoms with E-state index in [1.165, 1.54) is 0 Å². The van der Waals surface area contributed by atoms with Gasteiger partial charge < -0.3 is 5.11 Å². The second-order valence-corrected chi connectivity index (χ2v) is 1.51. The zero-order valence-electron chi connectivity index (χ0n) is 5.13. The summed E-state index contributed by atoms with van der Waals surface area (Å²) >= 11 is 0. The van der Waals surface area contributed by atoms with Crippen molar-refractivity contribution in [3.05, 3.63) is 0 Å². The lowest BCUT2D eigenvalue weighted by Gasteiger charge is -1.93. The predicted molar refractivity (Wildman–Crippen MR) is 31.0 cm³/mol. The van der Waals surface area contributed by atoms with Gasteiger partial charge in [0.15, 0.2) is 0 Å². The molecule has 54 valence electrons. The van der Waals surface area contributed by atoms with Gasteiger partial charge in [-0.2, -0.15) is 5.26 Å². The van der Waals surface area contributed by atoms with Crippen LogP contribution < -0.4 is 5.32 Å². The maximum Gasteiger partial charge on any atom is 0.411 e. The van der Waals surface area contributed by atoms with Gasteiger partial charge in [0.2, 0.25) is 5.91 Å². The molecule has 0 saturated heterocycles. The van der Waals surface area contributed by atoms with Crippen molar-refractivity contribution in [2.75, 3.05) is 0 Å². The zero-order valence-corrected chi connectivity index (χ0v) is 5.13. The van der Waals surface area contributed by atoms with E-state index in [2.05, 4.69) is 0 Å². The first-order chi connectivity index (χ1) is 4.66. The maximum atomic E-state index is 10.4. The third-order valence-corrected chi connectivity index (χ3v) is 0.710. The molecule has 5 heteroatoms. The molecule has 2 N–H and O–H groups in total. The van der Waals surface area contributed by atoms with E-state index in [0.717, 1.165) is 0 Å². The molecule has 10 heavy (non-hydrogen) atoms. The topological polar surface area (TPSA) is 90.2 Å². The van der Waals surface area contributed by atoms with Gasteiger partial charge in [0.25, 0.3) is 0 Å². The number of nitriles is 1. The van der Waals surface area contributed by atoms with Gasteiger partial charge in [-0.25, -0.2) is 4.79 Å². The van der Waals surface area contributed by atoms with Gasteiger partial charge in [0.1, 0.15) is 0 Å². The van der Waals surface area contributed by atoms with E-state index in [9.17, 15) is 9.59 Å². The molecule has 0 aromatic heterocycles. The van der Waals surface area contributed by atoms with Crippen LogP contribution in [0.2, 0.25) is 0 Å². The molecule has 2 amide bonds. The van der Waals surface area contributed by atoms with Crippen LogP contribution in [-0.2, 0) is 4.79 Å². The number of nitrogens with zero attached hydrogens (tertiary/aromatic N) is 1. The summed E-state index contributed by atoms with van der Waals surface area (Å²) in [6, 6.07) is 1.72. The lowest BCUT2D eigenvalue weighted by Crippen LogP contribution is -2.28. The monoisotopic (exact) mass is 142 g/mol. The van der Waals surface area contributed by atoms with Crippen molar-refractivity contribution < 1.29 is 14.7 Å². The fraction of sp³-hybridized carbons (Fsp3) is 0.400. The molecule has 0 aromatic carbocycles. The summed E-state index contributed by atoms with van der Waals surface area (Å²) in [5.41, 5.74) is 0. The van der Waals surface area contributed by atoms with E-state index in [4.69, 9.17) is 10.4 Å². The van der Waals surface area contributed by atoms with Crippen molar-refractivity contribution in [3.63, 3.8) is 0 Å². The molecule has 0 saturated carbocycles. The third-order valence-electron chi connectivity index (χ3n) is 0.710. The smallest absolute Gasteiger partial charge is 0.411 e. The molecule has 0 atom stereocenters. The molecule has 0 aliphatic carbocycles. The van der Waals surface area contributed by atoms with Crippen LogP contribution in [0.3, 0.4) is 0 Å². The van der Waals surface area contributed by atoms with E-state index >= 15 is 0 Å². The Hall–Kier alpha value is -1.57. The Balaban J connectivity index is 3.47. The minimum atomic E-state index is -1.39. The van der Waals surface area contributed by atoms with Crippen LogP contribution in [0, 0.1) is 11.3 Å². The molecule has 0 aliphatic heterocycles. The molecule has 0 rings (SSSR count). The molecule has 0 fully saturated rings. The van der Waals surface area contributed by atoms with Crippen LogP contribution in [0.5, 0.6) is 0 Å². The van der Waals surface area contributed by atoms with Crippen LogP contribution >= 0.6 is 0 Å². The van der Waals surface area contributed by atoms with Crippen molar-refractivity contribution in [2.45, 2.75) is 12.8 Å².